The molecule has 1 aliphatic heterocycles. The number of rotatable bonds is 6. The second-order valence-electron chi connectivity index (χ2n) is 6.85. The van der Waals surface area contributed by atoms with Gasteiger partial charge in [-0.05, 0) is 32.0 Å². The minimum Gasteiger partial charge on any atom is -0.332 e. The molecule has 0 aromatic heterocycles. The normalized spacial score (nSPS) is 17.7. The molecule has 1 fully saturated rings. The van der Waals surface area contributed by atoms with Crippen LogP contribution in [-0.2, 0) is 9.59 Å². The lowest BCUT2D eigenvalue weighted by Gasteiger charge is -2.33. The zero-order valence-electron chi connectivity index (χ0n) is 15.6. The van der Waals surface area contributed by atoms with Crippen molar-refractivity contribution >= 4 is 40.7 Å². The lowest BCUT2D eigenvalue weighted by Crippen LogP contribution is -3.16. The van der Waals surface area contributed by atoms with E-state index in [1.165, 1.54) is 4.90 Å². The maximum absolute atomic E-state index is 12.7. The van der Waals surface area contributed by atoms with E-state index in [2.05, 4.69) is 12.2 Å². The van der Waals surface area contributed by atoms with Crippen LogP contribution in [0.4, 0.5) is 5.69 Å². The molecule has 1 aliphatic rings. The highest BCUT2D eigenvalue weighted by atomic mass is 35.5. The van der Waals surface area contributed by atoms with Crippen molar-refractivity contribution in [3.8, 4) is 0 Å². The highest BCUT2D eigenvalue weighted by Gasteiger charge is 2.31. The van der Waals surface area contributed by atoms with Crippen LogP contribution < -0.4 is 15.1 Å². The SMILES string of the molecule is CC[NH+]1CCN(C(=O)[C@@H](C)[NH+](C)CC(=O)Nc2ccc(Cl)c(Cl)c2)CC1. The second-order valence-corrected chi connectivity index (χ2v) is 7.67. The molecule has 1 unspecified atom stereocenters. The Hall–Kier alpha value is -1.34. The third kappa shape index (κ3) is 5.58. The van der Waals surface area contributed by atoms with E-state index in [0.717, 1.165) is 37.6 Å². The zero-order chi connectivity index (χ0) is 19.3. The van der Waals surface area contributed by atoms with Crippen molar-refractivity contribution in [2.24, 2.45) is 0 Å². The van der Waals surface area contributed by atoms with Gasteiger partial charge in [-0.1, -0.05) is 23.2 Å². The topological polar surface area (TPSA) is 58.3 Å². The van der Waals surface area contributed by atoms with E-state index in [0.29, 0.717) is 15.7 Å². The van der Waals surface area contributed by atoms with Crippen molar-refractivity contribution in [2.75, 3.05) is 51.6 Å². The number of halogens is 2. The first-order valence-electron chi connectivity index (χ1n) is 9.01. The average Bonchev–Trinajstić information content (AvgIpc) is 2.63. The smallest absolute Gasteiger partial charge is 0.280 e. The molecular weight excluding hydrogens is 375 g/mol. The molecule has 1 aromatic rings. The largest absolute Gasteiger partial charge is 0.332 e. The summed E-state index contributed by atoms with van der Waals surface area (Å²) in [6.45, 7) is 8.90. The Morgan fingerprint density at radius 2 is 1.92 bits per heavy atom. The lowest BCUT2D eigenvalue weighted by molar-refractivity contribution is -0.903. The molecule has 0 bridgehead atoms. The third-order valence-corrected chi connectivity index (χ3v) is 5.77. The predicted molar refractivity (Wildman–Crippen MR) is 104 cm³/mol. The van der Waals surface area contributed by atoms with Gasteiger partial charge in [-0.3, -0.25) is 9.59 Å². The van der Waals surface area contributed by atoms with Crippen LogP contribution >= 0.6 is 23.2 Å². The van der Waals surface area contributed by atoms with Gasteiger partial charge in [-0.2, -0.15) is 0 Å². The minimum atomic E-state index is -0.266. The summed E-state index contributed by atoms with van der Waals surface area (Å²) in [5.74, 6) is -0.0548. The number of likely N-dealkylation sites (N-methyl/N-ethyl adjacent to an activating group) is 2. The maximum Gasteiger partial charge on any atom is 0.280 e. The first kappa shape index (κ1) is 21.0. The number of amides is 2. The Kier molecular flexibility index (Phi) is 7.70. The maximum atomic E-state index is 12.7. The quantitative estimate of drug-likeness (QED) is 0.605. The van der Waals surface area contributed by atoms with E-state index < -0.39 is 0 Å². The summed E-state index contributed by atoms with van der Waals surface area (Å²) in [4.78, 5) is 29.3. The Morgan fingerprint density at radius 3 is 2.50 bits per heavy atom. The Labute approximate surface area is 165 Å². The standard InChI is InChI=1S/C18H26Cl2N4O2/c1-4-23-7-9-24(10-8-23)18(26)13(2)22(3)12-17(25)21-14-5-6-15(19)16(20)11-14/h5-6,11,13H,4,7-10,12H2,1-3H3,(H,21,25)/p+2/t13-/m1/s1. The van der Waals surface area contributed by atoms with Gasteiger partial charge >= 0.3 is 0 Å². The number of piperazine rings is 1. The van der Waals surface area contributed by atoms with Crippen LogP contribution in [0.5, 0.6) is 0 Å². The molecule has 1 heterocycles. The number of hydrogen-bond donors (Lipinski definition) is 3. The molecule has 1 saturated heterocycles. The highest BCUT2D eigenvalue weighted by molar-refractivity contribution is 6.42. The summed E-state index contributed by atoms with van der Waals surface area (Å²) in [5.41, 5.74) is 0.592. The van der Waals surface area contributed by atoms with E-state index in [1.807, 2.05) is 18.9 Å². The van der Waals surface area contributed by atoms with E-state index in [4.69, 9.17) is 23.2 Å². The van der Waals surface area contributed by atoms with Crippen LogP contribution in [0.1, 0.15) is 13.8 Å². The van der Waals surface area contributed by atoms with Gasteiger partial charge in [0.25, 0.3) is 11.8 Å². The van der Waals surface area contributed by atoms with Gasteiger partial charge in [0.15, 0.2) is 12.6 Å². The highest BCUT2D eigenvalue weighted by Crippen LogP contribution is 2.24. The van der Waals surface area contributed by atoms with E-state index >= 15 is 0 Å². The number of nitrogens with one attached hydrogen (secondary N) is 3. The van der Waals surface area contributed by atoms with Crippen LogP contribution in [0.3, 0.4) is 0 Å². The monoisotopic (exact) mass is 402 g/mol. The summed E-state index contributed by atoms with van der Waals surface area (Å²) in [6, 6.07) is 4.69. The number of quaternary nitrogens is 2. The first-order chi connectivity index (χ1) is 12.3. The van der Waals surface area contributed by atoms with Crippen molar-refractivity contribution in [2.45, 2.75) is 19.9 Å². The molecule has 3 N–H and O–H groups in total. The number of anilines is 1. The molecule has 0 saturated carbocycles. The summed E-state index contributed by atoms with van der Waals surface area (Å²) in [5, 5.41) is 3.63. The van der Waals surface area contributed by atoms with E-state index in [9.17, 15) is 9.59 Å². The molecule has 144 valence electrons. The van der Waals surface area contributed by atoms with Gasteiger partial charge in [-0.15, -0.1) is 0 Å². The molecule has 0 spiro atoms. The van der Waals surface area contributed by atoms with Crippen LogP contribution in [0.15, 0.2) is 18.2 Å². The van der Waals surface area contributed by atoms with E-state index in [1.54, 1.807) is 18.2 Å². The fourth-order valence-electron chi connectivity index (χ4n) is 3.07. The first-order valence-corrected chi connectivity index (χ1v) is 9.77. The molecule has 26 heavy (non-hydrogen) atoms. The third-order valence-electron chi connectivity index (χ3n) is 5.03. The number of benzene rings is 1. The number of nitrogens with zero attached hydrogens (tertiary/aromatic N) is 1. The van der Waals surface area contributed by atoms with Crippen molar-refractivity contribution in [1.29, 1.82) is 0 Å². The Balaban J connectivity index is 1.85. The molecule has 1 aromatic carbocycles. The van der Waals surface area contributed by atoms with Gasteiger partial charge in [0.1, 0.15) is 0 Å². The number of carbonyl (C=O) groups excluding carboxylic acids is 2. The van der Waals surface area contributed by atoms with E-state index in [-0.39, 0.29) is 24.4 Å². The Bertz CT molecular complexity index is 648. The summed E-state index contributed by atoms with van der Waals surface area (Å²) < 4.78 is 0. The molecule has 2 atom stereocenters. The number of carbonyl (C=O) groups is 2. The molecule has 2 rings (SSSR count). The van der Waals surface area contributed by atoms with Crippen molar-refractivity contribution in [3.63, 3.8) is 0 Å². The van der Waals surface area contributed by atoms with Gasteiger partial charge in [0, 0.05) is 5.69 Å². The molecule has 0 aliphatic carbocycles. The van der Waals surface area contributed by atoms with Gasteiger partial charge in [0.05, 0.1) is 49.8 Å². The van der Waals surface area contributed by atoms with Crippen molar-refractivity contribution in [1.82, 2.24) is 4.90 Å². The molecular formula is C18H28Cl2N4O2+2. The summed E-state index contributed by atoms with van der Waals surface area (Å²) in [7, 11) is 1.87. The van der Waals surface area contributed by atoms with Crippen molar-refractivity contribution < 1.29 is 19.4 Å². The van der Waals surface area contributed by atoms with Crippen molar-refractivity contribution in [3.05, 3.63) is 28.2 Å². The molecule has 2 amide bonds. The summed E-state index contributed by atoms with van der Waals surface area (Å²) in [6.07, 6.45) is 0. The second kappa shape index (κ2) is 9.55. The fraction of sp³-hybridized carbons (Fsp3) is 0.556. The molecule has 6 nitrogen and oxygen atoms in total. The predicted octanol–water partition coefficient (Wildman–Crippen LogP) is -0.418. The summed E-state index contributed by atoms with van der Waals surface area (Å²) >= 11 is 11.8. The van der Waals surface area contributed by atoms with Crippen LogP contribution in [0.2, 0.25) is 10.0 Å². The van der Waals surface area contributed by atoms with Crippen LogP contribution in [0, 0.1) is 0 Å². The fourth-order valence-corrected chi connectivity index (χ4v) is 3.37. The minimum absolute atomic E-state index is 0.111. The lowest BCUT2D eigenvalue weighted by atomic mass is 10.2. The van der Waals surface area contributed by atoms with Crippen LogP contribution in [-0.4, -0.2) is 69.1 Å². The van der Waals surface area contributed by atoms with Gasteiger partial charge < -0.3 is 20.0 Å². The zero-order valence-corrected chi connectivity index (χ0v) is 17.1. The number of hydrogen-bond acceptors (Lipinski definition) is 2. The van der Waals surface area contributed by atoms with Crippen LogP contribution in [0.25, 0.3) is 0 Å². The average molecular weight is 403 g/mol. The van der Waals surface area contributed by atoms with Gasteiger partial charge in [0.2, 0.25) is 0 Å². The molecule has 0 radical (unpaired) electrons. The molecule has 8 heteroatoms. The Morgan fingerprint density at radius 1 is 1.27 bits per heavy atom. The van der Waals surface area contributed by atoms with Gasteiger partial charge in [-0.25, -0.2) is 0 Å².